The van der Waals surface area contributed by atoms with Crippen LogP contribution in [-0.4, -0.2) is 56.6 Å². The van der Waals surface area contributed by atoms with E-state index in [0.717, 1.165) is 38.7 Å². The maximum absolute atomic E-state index is 5.48. The average Bonchev–Trinajstić information content (AvgIpc) is 2.38. The minimum absolute atomic E-state index is 0.705. The molecule has 5 nitrogen and oxygen atoms in total. The third-order valence-corrected chi connectivity index (χ3v) is 5.32. The molecule has 0 aliphatic carbocycles. The van der Waals surface area contributed by atoms with Crippen molar-refractivity contribution in [3.8, 4) is 0 Å². The fraction of sp³-hybridized carbons (Fsp3) is 1.00. The molecule has 0 saturated carbocycles. The van der Waals surface area contributed by atoms with Gasteiger partial charge in [0.05, 0.1) is 0 Å². The highest BCUT2D eigenvalue weighted by Crippen LogP contribution is 2.14. The number of ether oxygens (including phenoxy) is 2. The third-order valence-electron chi connectivity index (χ3n) is 2.49. The molecule has 0 radical (unpaired) electrons. The fourth-order valence-electron chi connectivity index (χ4n) is 1.46. The molecule has 0 N–H and O–H groups in total. The Bertz CT molecular complexity index is 156. The van der Waals surface area contributed by atoms with E-state index >= 15 is 0 Å². The Morgan fingerprint density at radius 2 is 1.29 bits per heavy atom. The first kappa shape index (κ1) is 17.0. The molecule has 0 rings (SSSR count). The molecule has 0 amide bonds. The molecule has 0 saturated heterocycles. The Morgan fingerprint density at radius 1 is 0.765 bits per heavy atom. The van der Waals surface area contributed by atoms with Crippen molar-refractivity contribution < 1.29 is 22.8 Å². The molecule has 17 heavy (non-hydrogen) atoms. The molecule has 0 heterocycles. The monoisotopic (exact) mass is 266 g/mol. The summed E-state index contributed by atoms with van der Waals surface area (Å²) < 4.78 is 26.6. The second-order valence-corrected chi connectivity index (χ2v) is 6.65. The molecular formula is C11H26O5Si. The van der Waals surface area contributed by atoms with Crippen molar-refractivity contribution >= 4 is 8.80 Å². The fourth-order valence-corrected chi connectivity index (χ4v) is 3.15. The lowest BCUT2D eigenvalue weighted by Crippen LogP contribution is -2.42. The van der Waals surface area contributed by atoms with Crippen molar-refractivity contribution in [2.75, 3.05) is 47.8 Å². The van der Waals surface area contributed by atoms with Crippen LogP contribution in [0.4, 0.5) is 0 Å². The molecule has 0 fully saturated rings. The van der Waals surface area contributed by atoms with Gasteiger partial charge in [-0.15, -0.1) is 0 Å². The van der Waals surface area contributed by atoms with Crippen LogP contribution in [0.25, 0.3) is 0 Å². The van der Waals surface area contributed by atoms with Crippen LogP contribution in [0, 0.1) is 0 Å². The molecule has 0 atom stereocenters. The van der Waals surface area contributed by atoms with Crippen molar-refractivity contribution in [1.82, 2.24) is 0 Å². The zero-order valence-electron chi connectivity index (χ0n) is 11.5. The summed E-state index contributed by atoms with van der Waals surface area (Å²) in [5.41, 5.74) is 0. The largest absolute Gasteiger partial charge is 0.500 e. The van der Waals surface area contributed by atoms with Crippen LogP contribution in [0.2, 0.25) is 6.04 Å². The van der Waals surface area contributed by atoms with Gasteiger partial charge in [-0.2, -0.15) is 0 Å². The molecular weight excluding hydrogens is 240 g/mol. The van der Waals surface area contributed by atoms with Gasteiger partial charge in [0.25, 0.3) is 0 Å². The first-order chi connectivity index (χ1) is 8.24. The maximum Gasteiger partial charge on any atom is 0.500 e. The van der Waals surface area contributed by atoms with E-state index in [0.29, 0.717) is 6.61 Å². The third kappa shape index (κ3) is 7.85. The summed E-state index contributed by atoms with van der Waals surface area (Å²) in [5.74, 6) is 0. The van der Waals surface area contributed by atoms with Crippen molar-refractivity contribution in [3.63, 3.8) is 0 Å². The van der Waals surface area contributed by atoms with E-state index in [1.165, 1.54) is 0 Å². The van der Waals surface area contributed by atoms with Gasteiger partial charge in [-0.3, -0.25) is 0 Å². The predicted octanol–water partition coefficient (Wildman–Crippen LogP) is 1.70. The molecule has 0 bridgehead atoms. The topological polar surface area (TPSA) is 46.2 Å². The number of hydrogen-bond acceptors (Lipinski definition) is 5. The SMILES string of the molecule is CCOCCCOCCC[Si](OC)(OC)OC. The highest BCUT2D eigenvalue weighted by molar-refractivity contribution is 6.60. The standard InChI is InChI=1S/C11H26O5Si/c1-5-15-8-6-9-16-10-7-11-17(12-2,13-3)14-4/h5-11H2,1-4H3. The zero-order chi connectivity index (χ0) is 13.0. The van der Waals surface area contributed by atoms with E-state index in [-0.39, 0.29) is 0 Å². The van der Waals surface area contributed by atoms with Gasteiger partial charge in [0.15, 0.2) is 0 Å². The van der Waals surface area contributed by atoms with Gasteiger partial charge in [0.2, 0.25) is 0 Å². The van der Waals surface area contributed by atoms with Crippen molar-refractivity contribution in [1.29, 1.82) is 0 Å². The zero-order valence-corrected chi connectivity index (χ0v) is 12.5. The summed E-state index contributed by atoms with van der Waals surface area (Å²) in [6.45, 7) is 4.97. The number of hydrogen-bond donors (Lipinski definition) is 0. The first-order valence-electron chi connectivity index (χ1n) is 6.05. The summed E-state index contributed by atoms with van der Waals surface area (Å²) in [7, 11) is 2.48. The average molecular weight is 266 g/mol. The summed E-state index contributed by atoms with van der Waals surface area (Å²) in [6, 6.07) is 0.780. The van der Waals surface area contributed by atoms with Crippen LogP contribution >= 0.6 is 0 Å². The van der Waals surface area contributed by atoms with Crippen LogP contribution < -0.4 is 0 Å². The van der Waals surface area contributed by atoms with E-state index in [4.69, 9.17) is 22.8 Å². The normalized spacial score (nSPS) is 12.0. The summed E-state index contributed by atoms with van der Waals surface area (Å²) in [4.78, 5) is 0. The second kappa shape index (κ2) is 11.1. The van der Waals surface area contributed by atoms with E-state index in [1.807, 2.05) is 6.92 Å². The Hall–Kier alpha value is 0.0169. The number of rotatable bonds is 12. The van der Waals surface area contributed by atoms with Gasteiger partial charge in [0, 0.05) is 53.8 Å². The lowest BCUT2D eigenvalue weighted by atomic mass is 10.5. The van der Waals surface area contributed by atoms with Gasteiger partial charge in [-0.05, 0) is 19.8 Å². The molecule has 0 aromatic rings. The Balaban J connectivity index is 3.43. The molecule has 0 aliphatic heterocycles. The molecule has 0 unspecified atom stereocenters. The summed E-state index contributed by atoms with van der Waals surface area (Å²) in [6.07, 6.45) is 1.83. The molecule has 0 aliphatic rings. The highest BCUT2D eigenvalue weighted by Gasteiger charge is 2.36. The lowest BCUT2D eigenvalue weighted by molar-refractivity contribution is 0.0826. The van der Waals surface area contributed by atoms with Crippen LogP contribution in [0.5, 0.6) is 0 Å². The van der Waals surface area contributed by atoms with Gasteiger partial charge in [-0.1, -0.05) is 0 Å². The van der Waals surface area contributed by atoms with Gasteiger partial charge in [0.1, 0.15) is 0 Å². The minimum atomic E-state index is -2.40. The lowest BCUT2D eigenvalue weighted by Gasteiger charge is -2.24. The first-order valence-corrected chi connectivity index (χ1v) is 7.98. The Labute approximate surface area is 106 Å². The van der Waals surface area contributed by atoms with Crippen molar-refractivity contribution in [2.24, 2.45) is 0 Å². The Kier molecular flexibility index (Phi) is 11.1. The molecule has 0 spiro atoms. The van der Waals surface area contributed by atoms with Crippen LogP contribution in [-0.2, 0) is 22.8 Å². The van der Waals surface area contributed by atoms with Crippen molar-refractivity contribution in [2.45, 2.75) is 25.8 Å². The molecule has 0 aromatic heterocycles. The van der Waals surface area contributed by atoms with Gasteiger partial charge < -0.3 is 22.8 Å². The second-order valence-electron chi connectivity index (χ2n) is 3.56. The Morgan fingerprint density at radius 3 is 1.82 bits per heavy atom. The van der Waals surface area contributed by atoms with Crippen LogP contribution in [0.15, 0.2) is 0 Å². The molecule has 0 aromatic carbocycles. The van der Waals surface area contributed by atoms with E-state index in [9.17, 15) is 0 Å². The van der Waals surface area contributed by atoms with Crippen LogP contribution in [0.3, 0.4) is 0 Å². The van der Waals surface area contributed by atoms with E-state index < -0.39 is 8.80 Å². The quantitative estimate of drug-likeness (QED) is 0.397. The maximum atomic E-state index is 5.48. The summed E-state index contributed by atoms with van der Waals surface area (Å²) in [5, 5.41) is 0. The minimum Gasteiger partial charge on any atom is -0.382 e. The van der Waals surface area contributed by atoms with Crippen LogP contribution in [0.1, 0.15) is 19.8 Å². The van der Waals surface area contributed by atoms with Gasteiger partial charge in [-0.25, -0.2) is 0 Å². The molecule has 104 valence electrons. The predicted molar refractivity (Wildman–Crippen MR) is 68.1 cm³/mol. The smallest absolute Gasteiger partial charge is 0.382 e. The highest BCUT2D eigenvalue weighted by atomic mass is 28.4. The molecule has 6 heteroatoms. The summed E-state index contributed by atoms with van der Waals surface area (Å²) >= 11 is 0. The van der Waals surface area contributed by atoms with E-state index in [2.05, 4.69) is 0 Å². The van der Waals surface area contributed by atoms with E-state index in [1.54, 1.807) is 21.3 Å². The van der Waals surface area contributed by atoms with Crippen molar-refractivity contribution in [3.05, 3.63) is 0 Å². The van der Waals surface area contributed by atoms with Gasteiger partial charge >= 0.3 is 8.80 Å².